The predicted molar refractivity (Wildman–Crippen MR) is 89.9 cm³/mol. The van der Waals surface area contributed by atoms with Crippen LogP contribution in [0.25, 0.3) is 0 Å². The summed E-state index contributed by atoms with van der Waals surface area (Å²) in [6.07, 6.45) is 1.98. The fourth-order valence-corrected chi connectivity index (χ4v) is 2.44. The van der Waals surface area contributed by atoms with Gasteiger partial charge in [-0.15, -0.1) is 0 Å². The zero-order valence-electron chi connectivity index (χ0n) is 13.8. The van der Waals surface area contributed by atoms with Crippen LogP contribution in [0, 0.1) is 20.8 Å². The van der Waals surface area contributed by atoms with Crippen LogP contribution >= 0.6 is 0 Å². The molecule has 3 rings (SSSR count). The van der Waals surface area contributed by atoms with Crippen LogP contribution in [-0.4, -0.2) is 22.7 Å². The number of hydrazone groups is 1. The second kappa shape index (κ2) is 6.27. The Morgan fingerprint density at radius 1 is 1.21 bits per heavy atom. The Balaban J connectivity index is 1.89. The molecule has 2 aromatic rings. The van der Waals surface area contributed by atoms with Crippen LogP contribution < -0.4 is 10.3 Å². The molecule has 1 N–H and O–H groups in total. The second-order valence-corrected chi connectivity index (χ2v) is 5.84. The maximum atomic E-state index is 12.4. The number of hydrogen-bond donors (Lipinski definition) is 1. The Bertz CT molecular complexity index is 838. The lowest BCUT2D eigenvalue weighted by Crippen LogP contribution is -2.36. The van der Waals surface area contributed by atoms with Crippen LogP contribution in [0.1, 0.15) is 29.5 Å². The van der Waals surface area contributed by atoms with Crippen molar-refractivity contribution in [3.05, 3.63) is 41.2 Å². The van der Waals surface area contributed by atoms with E-state index in [0.717, 1.165) is 16.7 Å². The summed E-state index contributed by atoms with van der Waals surface area (Å²) in [5, 5.41) is 12.0. The zero-order valence-corrected chi connectivity index (χ0v) is 13.8. The highest BCUT2D eigenvalue weighted by molar-refractivity contribution is 6.44. The molecule has 1 aromatic carbocycles. The molecule has 0 spiro atoms. The molecule has 24 heavy (non-hydrogen) atoms. The van der Waals surface area contributed by atoms with Crippen LogP contribution in [0.5, 0.6) is 0 Å². The van der Waals surface area contributed by atoms with E-state index in [1.54, 1.807) is 6.92 Å². The molecule has 2 amide bonds. The van der Waals surface area contributed by atoms with Crippen molar-refractivity contribution in [2.24, 2.45) is 5.10 Å². The number of aromatic nitrogens is 1. The van der Waals surface area contributed by atoms with Gasteiger partial charge in [0.15, 0.2) is 5.82 Å². The van der Waals surface area contributed by atoms with Gasteiger partial charge in [0.1, 0.15) is 12.0 Å². The molecule has 1 aliphatic rings. The van der Waals surface area contributed by atoms with E-state index in [9.17, 15) is 9.59 Å². The van der Waals surface area contributed by atoms with E-state index in [-0.39, 0.29) is 23.9 Å². The smallest absolute Gasteiger partial charge is 0.273 e. The minimum Gasteiger partial charge on any atom is -0.362 e. The van der Waals surface area contributed by atoms with Crippen LogP contribution in [0.3, 0.4) is 0 Å². The van der Waals surface area contributed by atoms with Gasteiger partial charge in [0.05, 0.1) is 5.69 Å². The highest BCUT2D eigenvalue weighted by Gasteiger charge is 2.27. The third-order valence-electron chi connectivity index (χ3n) is 3.87. The van der Waals surface area contributed by atoms with Crippen LogP contribution in [0.15, 0.2) is 34.1 Å². The highest BCUT2D eigenvalue weighted by atomic mass is 16.5. The number of nitrogens with zero attached hydrogens (tertiary/aromatic N) is 3. The van der Waals surface area contributed by atoms with Crippen molar-refractivity contribution in [2.45, 2.75) is 33.6 Å². The lowest BCUT2D eigenvalue weighted by atomic mass is 10.1. The van der Waals surface area contributed by atoms with Gasteiger partial charge >= 0.3 is 0 Å². The summed E-state index contributed by atoms with van der Waals surface area (Å²) in [7, 11) is 0. The fraction of sp³-hybridized carbons (Fsp3) is 0.294. The molecule has 2 heterocycles. The number of carbonyl (C=O) groups excluding carboxylic acids is 2. The van der Waals surface area contributed by atoms with Gasteiger partial charge in [-0.25, -0.2) is 5.01 Å². The molecule has 7 nitrogen and oxygen atoms in total. The van der Waals surface area contributed by atoms with E-state index in [2.05, 4.69) is 15.6 Å². The first-order valence-electron chi connectivity index (χ1n) is 7.65. The maximum absolute atomic E-state index is 12.4. The topological polar surface area (TPSA) is 87.8 Å². The Morgan fingerprint density at radius 3 is 2.71 bits per heavy atom. The first-order chi connectivity index (χ1) is 11.5. The zero-order chi connectivity index (χ0) is 17.3. The molecular formula is C17H18N4O3. The molecule has 0 atom stereocenters. The van der Waals surface area contributed by atoms with Crippen LogP contribution in [-0.2, 0) is 9.59 Å². The first kappa shape index (κ1) is 15.9. The standard InChI is InChI=1S/C17H18N4O3/c1-10-4-5-11(2)14(8-10)21-15(22)7-6-13(19-21)17(23)18-16-12(3)9-24-20-16/h4-5,8-9H,6-7H2,1-3H3,(H,18,20,23). The van der Waals surface area contributed by atoms with Crippen molar-refractivity contribution in [1.29, 1.82) is 0 Å². The summed E-state index contributed by atoms with van der Waals surface area (Å²) in [4.78, 5) is 24.6. The van der Waals surface area contributed by atoms with Crippen molar-refractivity contribution in [2.75, 3.05) is 10.3 Å². The van der Waals surface area contributed by atoms with Gasteiger partial charge in [0, 0.05) is 18.4 Å². The minimum atomic E-state index is -0.380. The lowest BCUT2D eigenvalue weighted by molar-refractivity contribution is -0.118. The summed E-state index contributed by atoms with van der Waals surface area (Å²) >= 11 is 0. The largest absolute Gasteiger partial charge is 0.362 e. The number of amides is 2. The Hall–Kier alpha value is -2.96. The third-order valence-corrected chi connectivity index (χ3v) is 3.87. The van der Waals surface area contributed by atoms with Gasteiger partial charge in [-0.05, 0) is 38.0 Å². The summed E-state index contributed by atoms with van der Waals surface area (Å²) in [6, 6.07) is 5.79. The number of aryl methyl sites for hydroxylation is 3. The Kier molecular flexibility index (Phi) is 4.16. The van der Waals surface area contributed by atoms with Gasteiger partial charge in [-0.2, -0.15) is 5.10 Å². The molecule has 7 heteroatoms. The van der Waals surface area contributed by atoms with Crippen molar-refractivity contribution >= 4 is 29.0 Å². The first-order valence-corrected chi connectivity index (χ1v) is 7.65. The second-order valence-electron chi connectivity index (χ2n) is 5.84. The quantitative estimate of drug-likeness (QED) is 0.939. The number of benzene rings is 1. The van der Waals surface area contributed by atoms with Gasteiger partial charge in [0.2, 0.25) is 5.91 Å². The fourth-order valence-electron chi connectivity index (χ4n) is 2.44. The molecule has 0 saturated heterocycles. The van der Waals surface area contributed by atoms with Crippen molar-refractivity contribution in [1.82, 2.24) is 5.16 Å². The Labute approximate surface area is 139 Å². The summed E-state index contributed by atoms with van der Waals surface area (Å²) in [5.41, 5.74) is 3.66. The number of anilines is 2. The maximum Gasteiger partial charge on any atom is 0.273 e. The summed E-state index contributed by atoms with van der Waals surface area (Å²) in [6.45, 7) is 5.63. The molecule has 0 bridgehead atoms. The van der Waals surface area contributed by atoms with E-state index in [1.165, 1.54) is 11.3 Å². The van der Waals surface area contributed by atoms with Gasteiger partial charge in [-0.3, -0.25) is 9.59 Å². The number of rotatable bonds is 3. The number of hydrogen-bond acceptors (Lipinski definition) is 5. The number of carbonyl (C=O) groups is 2. The van der Waals surface area contributed by atoms with Gasteiger partial charge in [0.25, 0.3) is 5.91 Å². The monoisotopic (exact) mass is 326 g/mol. The van der Waals surface area contributed by atoms with Crippen molar-refractivity contribution < 1.29 is 14.1 Å². The molecular weight excluding hydrogens is 308 g/mol. The van der Waals surface area contributed by atoms with E-state index in [1.807, 2.05) is 32.0 Å². The minimum absolute atomic E-state index is 0.127. The average molecular weight is 326 g/mol. The van der Waals surface area contributed by atoms with Crippen LogP contribution in [0.2, 0.25) is 0 Å². The molecule has 0 saturated carbocycles. The molecule has 0 radical (unpaired) electrons. The molecule has 124 valence electrons. The molecule has 1 aliphatic heterocycles. The molecule has 0 unspecified atom stereocenters. The predicted octanol–water partition coefficient (Wildman–Crippen LogP) is 2.72. The van der Waals surface area contributed by atoms with Crippen LogP contribution in [0.4, 0.5) is 11.5 Å². The Morgan fingerprint density at radius 2 is 2.00 bits per heavy atom. The van der Waals surface area contributed by atoms with Crippen molar-refractivity contribution in [3.63, 3.8) is 0 Å². The highest BCUT2D eigenvalue weighted by Crippen LogP contribution is 2.25. The normalized spacial score (nSPS) is 14.5. The summed E-state index contributed by atoms with van der Waals surface area (Å²) in [5.74, 6) is -0.148. The van der Waals surface area contributed by atoms with Gasteiger partial charge in [-0.1, -0.05) is 17.3 Å². The van der Waals surface area contributed by atoms with E-state index >= 15 is 0 Å². The van der Waals surface area contributed by atoms with Crippen molar-refractivity contribution in [3.8, 4) is 0 Å². The molecule has 0 aliphatic carbocycles. The number of nitrogens with one attached hydrogen (secondary N) is 1. The SMILES string of the molecule is Cc1ccc(C)c(N2N=C(C(=O)Nc3nocc3C)CCC2=O)c1. The average Bonchev–Trinajstić information content (AvgIpc) is 2.95. The third kappa shape index (κ3) is 3.05. The van der Waals surface area contributed by atoms with E-state index in [0.29, 0.717) is 17.9 Å². The molecule has 0 fully saturated rings. The lowest BCUT2D eigenvalue weighted by Gasteiger charge is -2.24. The van der Waals surface area contributed by atoms with Gasteiger partial charge < -0.3 is 9.84 Å². The summed E-state index contributed by atoms with van der Waals surface area (Å²) < 4.78 is 4.80. The molecule has 1 aromatic heterocycles. The van der Waals surface area contributed by atoms with E-state index < -0.39 is 0 Å². The van der Waals surface area contributed by atoms with E-state index in [4.69, 9.17) is 4.52 Å².